The average molecular weight is 439 g/mol. The van der Waals surface area contributed by atoms with E-state index in [1.807, 2.05) is 13.1 Å². The molecule has 4 rings (SSSR count). The lowest BCUT2D eigenvalue weighted by molar-refractivity contribution is 0.220. The van der Waals surface area contributed by atoms with Gasteiger partial charge in [0, 0.05) is 47.2 Å². The van der Waals surface area contributed by atoms with Crippen LogP contribution in [0.1, 0.15) is 29.0 Å². The molecular formula is C19H34N8O2S. The van der Waals surface area contributed by atoms with Gasteiger partial charge in [-0.2, -0.15) is 17.4 Å². The molecule has 0 bridgehead atoms. The first-order valence-corrected chi connectivity index (χ1v) is 11.9. The first-order chi connectivity index (χ1) is 14.3. The predicted molar refractivity (Wildman–Crippen MR) is 119 cm³/mol. The molecule has 0 unspecified atom stereocenters. The van der Waals surface area contributed by atoms with E-state index in [2.05, 4.69) is 26.5 Å². The van der Waals surface area contributed by atoms with Crippen LogP contribution < -0.4 is 10.2 Å². The Labute approximate surface area is 179 Å². The van der Waals surface area contributed by atoms with Gasteiger partial charge in [-0.1, -0.05) is 13.3 Å². The molecule has 30 heavy (non-hydrogen) atoms. The summed E-state index contributed by atoms with van der Waals surface area (Å²) >= 11 is 0. The number of rotatable bonds is 5. The van der Waals surface area contributed by atoms with Crippen molar-refractivity contribution < 1.29 is 11.3 Å². The van der Waals surface area contributed by atoms with Gasteiger partial charge in [0.05, 0.1) is 11.7 Å². The summed E-state index contributed by atoms with van der Waals surface area (Å²) in [5, 5.41) is 17.1. The third-order valence-corrected chi connectivity index (χ3v) is 8.11. The van der Waals surface area contributed by atoms with Crippen molar-refractivity contribution in [2.45, 2.75) is 32.2 Å². The van der Waals surface area contributed by atoms with Crippen LogP contribution in [-0.4, -0.2) is 77.3 Å². The molecule has 0 aromatic carbocycles. The Morgan fingerprint density at radius 3 is 2.77 bits per heavy atom. The van der Waals surface area contributed by atoms with Crippen molar-refractivity contribution in [1.82, 2.24) is 28.5 Å². The molecule has 3 atom stereocenters. The van der Waals surface area contributed by atoms with E-state index in [9.17, 15) is 8.42 Å². The van der Waals surface area contributed by atoms with Crippen molar-refractivity contribution in [3.8, 4) is 0 Å². The van der Waals surface area contributed by atoms with E-state index in [-0.39, 0.29) is 26.2 Å². The van der Waals surface area contributed by atoms with Gasteiger partial charge in [0.15, 0.2) is 5.65 Å². The number of hydrogen-bond acceptors (Lipinski definition) is 6. The quantitative estimate of drug-likeness (QED) is 0.410. The second kappa shape index (κ2) is 8.22. The molecule has 0 radical (unpaired) electrons. The molecule has 2 fully saturated rings. The molecule has 0 spiro atoms. The number of H-pyrrole nitrogens is 1. The van der Waals surface area contributed by atoms with Crippen molar-refractivity contribution in [1.29, 1.82) is 10.8 Å². The minimum Gasteiger partial charge on any atom is -0.345 e. The predicted octanol–water partition coefficient (Wildman–Crippen LogP) is 1.05. The summed E-state index contributed by atoms with van der Waals surface area (Å²) < 4.78 is 31.8. The highest BCUT2D eigenvalue weighted by Crippen LogP contribution is 2.36. The summed E-state index contributed by atoms with van der Waals surface area (Å²) in [4.78, 5) is 9.36. The highest BCUT2D eigenvalue weighted by atomic mass is 32.2. The summed E-state index contributed by atoms with van der Waals surface area (Å²) in [6.45, 7) is 4.53. The molecule has 168 valence electrons. The fourth-order valence-electron chi connectivity index (χ4n) is 4.70. The maximum Gasteiger partial charge on any atom is 0.279 e. The Morgan fingerprint density at radius 2 is 2.07 bits per heavy atom. The van der Waals surface area contributed by atoms with Crippen LogP contribution in [0.15, 0.2) is 18.5 Å². The molecule has 10 nitrogen and oxygen atoms in total. The Bertz CT molecular complexity index is 1090. The van der Waals surface area contributed by atoms with Gasteiger partial charge >= 0.3 is 0 Å². The maximum atomic E-state index is 12.9. The summed E-state index contributed by atoms with van der Waals surface area (Å²) in [5.74, 6) is 0.400. The third kappa shape index (κ3) is 3.94. The number of hydrogen-bond donors (Lipinski definition) is 4. The Balaban J connectivity index is 0.00000181. The molecular weight excluding hydrogens is 404 g/mol. The van der Waals surface area contributed by atoms with E-state index in [0.717, 1.165) is 19.5 Å². The van der Waals surface area contributed by atoms with E-state index in [1.165, 1.54) is 10.5 Å². The molecule has 11 heteroatoms. The number of aromatic amines is 1. The lowest BCUT2D eigenvalue weighted by Crippen LogP contribution is -2.52. The van der Waals surface area contributed by atoms with Crippen LogP contribution in [0.3, 0.4) is 0 Å². The van der Waals surface area contributed by atoms with Crippen LogP contribution in [0.5, 0.6) is 0 Å². The second-order valence-electron chi connectivity index (χ2n) is 8.34. The van der Waals surface area contributed by atoms with Crippen LogP contribution >= 0.6 is 0 Å². The monoisotopic (exact) mass is 438 g/mol. The highest BCUT2D eigenvalue weighted by molar-refractivity contribution is 7.87. The topological polar surface area (TPSA) is 134 Å². The number of nitrogens with zero attached hydrogens (tertiary/aromatic N) is 4. The van der Waals surface area contributed by atoms with E-state index in [1.54, 1.807) is 10.8 Å². The van der Waals surface area contributed by atoms with Gasteiger partial charge in [-0.3, -0.25) is 15.4 Å². The van der Waals surface area contributed by atoms with Gasteiger partial charge in [-0.05, 0) is 31.9 Å². The minimum atomic E-state index is -3.54. The highest BCUT2D eigenvalue weighted by Gasteiger charge is 2.39. The number of fused-ring (bicyclic) bond motifs is 1. The molecule has 0 amide bonds. The second-order valence-corrected chi connectivity index (χ2v) is 10.0. The SMILES string of the molecule is CC[C@@H]1C[C@H](NS(=O)(=O)N2CCN(C)CC2)C[C@@H]1C(=N)n1c(=N)cnc2[nH]ccc21.[HH].[HH]. The van der Waals surface area contributed by atoms with Crippen molar-refractivity contribution in [3.63, 3.8) is 0 Å². The maximum absolute atomic E-state index is 12.9. The third-order valence-electron chi connectivity index (χ3n) is 6.43. The largest absolute Gasteiger partial charge is 0.345 e. The number of piperazine rings is 1. The Kier molecular flexibility index (Phi) is 5.80. The molecule has 2 aromatic heterocycles. The Morgan fingerprint density at radius 1 is 1.33 bits per heavy atom. The fourth-order valence-corrected chi connectivity index (χ4v) is 6.10. The molecule has 3 heterocycles. The van der Waals surface area contributed by atoms with Crippen molar-refractivity contribution in [2.75, 3.05) is 33.2 Å². The van der Waals surface area contributed by atoms with Crippen LogP contribution in [0, 0.1) is 22.7 Å². The average Bonchev–Trinajstić information content (AvgIpc) is 3.34. The van der Waals surface area contributed by atoms with Crippen LogP contribution in [0.2, 0.25) is 0 Å². The zero-order chi connectivity index (χ0) is 21.5. The molecule has 1 saturated carbocycles. The summed E-state index contributed by atoms with van der Waals surface area (Å²) in [6.07, 6.45) is 5.31. The molecule has 1 aliphatic carbocycles. The van der Waals surface area contributed by atoms with Gasteiger partial charge in [0.25, 0.3) is 10.2 Å². The minimum absolute atomic E-state index is 0. The van der Waals surface area contributed by atoms with E-state index in [0.29, 0.717) is 42.9 Å². The molecule has 2 aliphatic rings. The summed E-state index contributed by atoms with van der Waals surface area (Å²) in [6, 6.07) is 1.61. The van der Waals surface area contributed by atoms with E-state index < -0.39 is 10.2 Å². The van der Waals surface area contributed by atoms with Gasteiger partial charge in [0.1, 0.15) is 11.3 Å². The lowest BCUT2D eigenvalue weighted by Gasteiger charge is -2.32. The summed E-state index contributed by atoms with van der Waals surface area (Å²) in [7, 11) is -1.55. The first kappa shape index (κ1) is 21.2. The number of nitrogens with one attached hydrogen (secondary N) is 4. The standard InChI is InChI=1S/C19H30N8O2S.2H2/c1-3-13-10-14(24-30(28,29)26-8-6-25(2)7-9-26)11-15(13)18(21)27-16-4-5-22-19(16)23-12-17(27)20;;/h4-5,12-15,20-22,24H,3,6-11H2,1-2H3;2*1H/t13-,14+,15+;;/m1../s1. The van der Waals surface area contributed by atoms with Crippen molar-refractivity contribution >= 4 is 27.2 Å². The lowest BCUT2D eigenvalue weighted by atomic mass is 9.92. The van der Waals surface area contributed by atoms with Crippen LogP contribution in [0.4, 0.5) is 0 Å². The number of likely N-dealkylation sites (N-methyl/N-ethyl adjacent to an activating group) is 1. The smallest absolute Gasteiger partial charge is 0.279 e. The normalized spacial score (nSPS) is 26.4. The van der Waals surface area contributed by atoms with Crippen molar-refractivity contribution in [3.05, 3.63) is 23.9 Å². The van der Waals surface area contributed by atoms with Gasteiger partial charge in [0.2, 0.25) is 0 Å². The van der Waals surface area contributed by atoms with Gasteiger partial charge in [-0.25, -0.2) is 4.98 Å². The van der Waals surface area contributed by atoms with E-state index >= 15 is 0 Å². The molecule has 1 aliphatic heterocycles. The van der Waals surface area contributed by atoms with Crippen LogP contribution in [0.25, 0.3) is 11.2 Å². The van der Waals surface area contributed by atoms with Crippen LogP contribution in [-0.2, 0) is 10.2 Å². The van der Waals surface area contributed by atoms with Gasteiger partial charge < -0.3 is 9.88 Å². The van der Waals surface area contributed by atoms with Crippen molar-refractivity contribution in [2.24, 2.45) is 11.8 Å². The Hall–Kier alpha value is -2.08. The summed E-state index contributed by atoms with van der Waals surface area (Å²) in [5.41, 5.74) is 1.49. The molecule has 1 saturated heterocycles. The first-order valence-electron chi connectivity index (χ1n) is 10.4. The zero-order valence-corrected chi connectivity index (χ0v) is 18.2. The molecule has 4 N–H and O–H groups in total. The molecule has 2 aromatic rings. The number of aromatic nitrogens is 3. The van der Waals surface area contributed by atoms with E-state index in [4.69, 9.17) is 10.8 Å². The fraction of sp³-hybridized carbons (Fsp3) is 0.632. The van der Waals surface area contributed by atoms with Gasteiger partial charge in [-0.15, -0.1) is 0 Å². The zero-order valence-electron chi connectivity index (χ0n) is 17.4.